The van der Waals surface area contributed by atoms with E-state index in [4.69, 9.17) is 0 Å². The number of alkyl halides is 3. The largest absolute Gasteiger partial charge is 0.573 e. The van der Waals surface area contributed by atoms with Crippen molar-refractivity contribution in [3.05, 3.63) is 42.0 Å². The van der Waals surface area contributed by atoms with E-state index >= 15 is 0 Å². The molecule has 0 aliphatic heterocycles. The smallest absolute Gasteiger partial charge is 0.406 e. The number of aryl methyl sites for hydroxylation is 1. The van der Waals surface area contributed by atoms with E-state index < -0.39 is 17.2 Å². The van der Waals surface area contributed by atoms with Gasteiger partial charge in [-0.1, -0.05) is 12.1 Å². The highest BCUT2D eigenvalue weighted by molar-refractivity contribution is 7.84. The SMILES string of the molecule is C[C@@H](c1ccc(OC(F)(F)F)cc1)[S@@](=O)Cc1nncn1C. The fourth-order valence-electron chi connectivity index (χ4n) is 1.78. The molecule has 2 aromatic rings. The fourth-order valence-corrected chi connectivity index (χ4v) is 3.01. The summed E-state index contributed by atoms with van der Waals surface area (Å²) in [6.45, 7) is 1.74. The van der Waals surface area contributed by atoms with Gasteiger partial charge >= 0.3 is 6.36 Å². The summed E-state index contributed by atoms with van der Waals surface area (Å²) in [5.41, 5.74) is 0.662. The van der Waals surface area contributed by atoms with E-state index in [1.807, 2.05) is 0 Å². The Labute approximate surface area is 127 Å². The molecule has 120 valence electrons. The Morgan fingerprint density at radius 2 is 1.95 bits per heavy atom. The van der Waals surface area contributed by atoms with Crippen LogP contribution in [-0.4, -0.2) is 25.3 Å². The summed E-state index contributed by atoms with van der Waals surface area (Å²) in [7, 11) is 0.483. The van der Waals surface area contributed by atoms with Gasteiger partial charge in [-0.2, -0.15) is 0 Å². The topological polar surface area (TPSA) is 57.0 Å². The van der Waals surface area contributed by atoms with E-state index in [0.29, 0.717) is 11.4 Å². The first-order chi connectivity index (χ1) is 10.3. The molecule has 0 aliphatic rings. The van der Waals surface area contributed by atoms with Crippen LogP contribution in [-0.2, 0) is 23.6 Å². The molecule has 0 saturated carbocycles. The Kier molecular flexibility index (Phi) is 4.84. The summed E-state index contributed by atoms with van der Waals surface area (Å²) < 4.78 is 54.0. The minimum atomic E-state index is -4.72. The third-order valence-corrected chi connectivity index (χ3v) is 4.66. The molecule has 2 atom stereocenters. The van der Waals surface area contributed by atoms with E-state index in [2.05, 4.69) is 14.9 Å². The first-order valence-electron chi connectivity index (χ1n) is 6.32. The highest BCUT2D eigenvalue weighted by Gasteiger charge is 2.31. The van der Waals surface area contributed by atoms with Gasteiger partial charge in [-0.3, -0.25) is 4.21 Å². The van der Waals surface area contributed by atoms with Crippen LogP contribution in [0.15, 0.2) is 30.6 Å². The van der Waals surface area contributed by atoms with Gasteiger partial charge in [-0.15, -0.1) is 23.4 Å². The zero-order valence-corrected chi connectivity index (χ0v) is 12.7. The monoisotopic (exact) mass is 333 g/mol. The molecule has 9 heteroatoms. The maximum absolute atomic E-state index is 12.3. The average Bonchev–Trinajstić information content (AvgIpc) is 2.82. The summed E-state index contributed by atoms with van der Waals surface area (Å²) in [6, 6.07) is 5.36. The van der Waals surface area contributed by atoms with E-state index in [0.717, 1.165) is 0 Å². The van der Waals surface area contributed by atoms with Gasteiger partial charge in [-0.25, -0.2) is 0 Å². The van der Waals surface area contributed by atoms with Crippen LogP contribution in [0, 0.1) is 0 Å². The molecule has 1 aromatic carbocycles. The van der Waals surface area contributed by atoms with Gasteiger partial charge < -0.3 is 9.30 Å². The van der Waals surface area contributed by atoms with Gasteiger partial charge in [0.25, 0.3) is 0 Å². The highest BCUT2D eigenvalue weighted by atomic mass is 32.2. The Bertz CT molecular complexity index is 655. The first kappa shape index (κ1) is 16.5. The van der Waals surface area contributed by atoms with Crippen molar-refractivity contribution < 1.29 is 22.1 Å². The zero-order chi connectivity index (χ0) is 16.3. The maximum Gasteiger partial charge on any atom is 0.573 e. The molecule has 0 saturated heterocycles. The zero-order valence-electron chi connectivity index (χ0n) is 11.9. The minimum Gasteiger partial charge on any atom is -0.406 e. The van der Waals surface area contributed by atoms with Crippen LogP contribution in [0.5, 0.6) is 5.75 Å². The molecule has 0 fully saturated rings. The predicted molar refractivity (Wildman–Crippen MR) is 74.4 cm³/mol. The molecule has 5 nitrogen and oxygen atoms in total. The molecule has 22 heavy (non-hydrogen) atoms. The van der Waals surface area contributed by atoms with Gasteiger partial charge in [-0.05, 0) is 24.6 Å². The standard InChI is InChI=1S/C13H14F3N3O2S/c1-9(22(20)7-12-18-17-8-19(12)2)10-3-5-11(6-4-10)21-13(14,15)16/h3-6,8-9H,7H2,1-2H3/t9-,22-/m0/s1. The average molecular weight is 333 g/mol. The van der Waals surface area contributed by atoms with E-state index in [1.165, 1.54) is 30.6 Å². The van der Waals surface area contributed by atoms with Crippen LogP contribution >= 0.6 is 0 Å². The predicted octanol–water partition coefficient (Wildman–Crippen LogP) is 2.72. The number of hydrogen-bond acceptors (Lipinski definition) is 4. The van der Waals surface area contributed by atoms with Crippen molar-refractivity contribution in [2.75, 3.05) is 0 Å². The van der Waals surface area contributed by atoms with Crippen molar-refractivity contribution in [3.63, 3.8) is 0 Å². The number of halogens is 3. The molecule has 0 radical (unpaired) electrons. The fraction of sp³-hybridized carbons (Fsp3) is 0.385. The number of hydrogen-bond donors (Lipinski definition) is 0. The van der Waals surface area contributed by atoms with Gasteiger partial charge in [0, 0.05) is 17.8 Å². The molecule has 0 aliphatic carbocycles. The lowest BCUT2D eigenvalue weighted by Crippen LogP contribution is -2.17. The quantitative estimate of drug-likeness (QED) is 0.844. The summed E-state index contributed by atoms with van der Waals surface area (Å²) >= 11 is 0. The van der Waals surface area contributed by atoms with Gasteiger partial charge in [0.05, 0.1) is 11.0 Å². The lowest BCUT2D eigenvalue weighted by molar-refractivity contribution is -0.274. The second-order valence-corrected chi connectivity index (χ2v) is 6.40. The van der Waals surface area contributed by atoms with Crippen LogP contribution in [0.4, 0.5) is 13.2 Å². The Balaban J connectivity index is 2.04. The van der Waals surface area contributed by atoms with Crippen LogP contribution < -0.4 is 4.74 Å². The van der Waals surface area contributed by atoms with Gasteiger partial charge in [0.15, 0.2) is 0 Å². The number of ether oxygens (including phenoxy) is 1. The minimum absolute atomic E-state index is 0.221. The molecule has 0 bridgehead atoms. The van der Waals surface area contributed by atoms with Crippen molar-refractivity contribution in [2.24, 2.45) is 7.05 Å². The summed E-state index contributed by atoms with van der Waals surface area (Å²) in [6.07, 6.45) is -3.21. The molecule has 2 rings (SSSR count). The molecular weight excluding hydrogens is 319 g/mol. The molecule has 1 heterocycles. The van der Waals surface area contributed by atoms with E-state index in [9.17, 15) is 17.4 Å². The lowest BCUT2D eigenvalue weighted by atomic mass is 10.2. The second kappa shape index (κ2) is 6.47. The lowest BCUT2D eigenvalue weighted by Gasteiger charge is -2.13. The number of nitrogens with zero attached hydrogens (tertiary/aromatic N) is 3. The van der Waals surface area contributed by atoms with Crippen LogP contribution in [0.1, 0.15) is 23.6 Å². The Morgan fingerprint density at radius 1 is 1.32 bits per heavy atom. The molecule has 0 unspecified atom stereocenters. The van der Waals surface area contributed by atoms with E-state index in [1.54, 1.807) is 18.5 Å². The summed E-state index contributed by atoms with van der Waals surface area (Å²) in [4.78, 5) is 0. The summed E-state index contributed by atoms with van der Waals surface area (Å²) in [5, 5.41) is 7.22. The van der Waals surface area contributed by atoms with Crippen molar-refractivity contribution in [1.82, 2.24) is 14.8 Å². The molecule has 0 amide bonds. The van der Waals surface area contributed by atoms with Gasteiger partial charge in [0.1, 0.15) is 17.9 Å². The van der Waals surface area contributed by atoms with E-state index in [-0.39, 0.29) is 16.8 Å². The molecule has 0 spiro atoms. The highest BCUT2D eigenvalue weighted by Crippen LogP contribution is 2.26. The first-order valence-corrected chi connectivity index (χ1v) is 7.70. The van der Waals surface area contributed by atoms with Crippen LogP contribution in [0.2, 0.25) is 0 Å². The Hall–Kier alpha value is -1.90. The second-order valence-electron chi connectivity index (χ2n) is 4.64. The third kappa shape index (κ3) is 4.30. The number of rotatable bonds is 5. The Morgan fingerprint density at radius 3 is 2.45 bits per heavy atom. The van der Waals surface area contributed by atoms with Crippen molar-refractivity contribution in [2.45, 2.75) is 24.3 Å². The number of aromatic nitrogens is 3. The number of benzene rings is 1. The van der Waals surface area contributed by atoms with Crippen LogP contribution in [0.3, 0.4) is 0 Å². The molecule has 1 aromatic heterocycles. The maximum atomic E-state index is 12.3. The van der Waals surface area contributed by atoms with Crippen molar-refractivity contribution in [3.8, 4) is 5.75 Å². The van der Waals surface area contributed by atoms with Crippen LogP contribution in [0.25, 0.3) is 0 Å². The molecule has 0 N–H and O–H groups in total. The normalized spacial score (nSPS) is 14.6. The summed E-state index contributed by atoms with van der Waals surface area (Å²) in [5.74, 6) is 0.503. The van der Waals surface area contributed by atoms with Crippen molar-refractivity contribution >= 4 is 10.8 Å². The molecular formula is C13H14F3N3O2S. The van der Waals surface area contributed by atoms with Gasteiger partial charge in [0.2, 0.25) is 0 Å². The third-order valence-electron chi connectivity index (χ3n) is 3.05. The van der Waals surface area contributed by atoms with Crippen molar-refractivity contribution in [1.29, 1.82) is 0 Å².